The number of hydrogen-bond acceptors (Lipinski definition) is 3. The number of alkyl halides is 2. The zero-order valence-electron chi connectivity index (χ0n) is 14.5. The molecule has 138 valence electrons. The van der Waals surface area contributed by atoms with Gasteiger partial charge in [-0.05, 0) is 43.0 Å². The van der Waals surface area contributed by atoms with Crippen molar-refractivity contribution < 1.29 is 18.3 Å². The van der Waals surface area contributed by atoms with E-state index in [1.165, 1.54) is 12.1 Å². The van der Waals surface area contributed by atoms with Crippen LogP contribution >= 0.6 is 0 Å². The van der Waals surface area contributed by atoms with Gasteiger partial charge in [0.25, 0.3) is 0 Å². The summed E-state index contributed by atoms with van der Waals surface area (Å²) < 4.78 is 29.1. The molecule has 0 unspecified atom stereocenters. The molecule has 0 aliphatic heterocycles. The van der Waals surface area contributed by atoms with Crippen LogP contribution in [0.15, 0.2) is 54.6 Å². The fraction of sp³-hybridized carbons (Fsp3) is 0.350. The van der Waals surface area contributed by atoms with E-state index in [0.717, 1.165) is 24.0 Å². The highest BCUT2D eigenvalue weighted by atomic mass is 19.3. The maximum Gasteiger partial charge on any atom is 0.387 e. The third-order valence-electron chi connectivity index (χ3n) is 4.31. The first kappa shape index (κ1) is 18.3. The Bertz CT molecular complexity index is 718. The summed E-state index contributed by atoms with van der Waals surface area (Å²) in [6, 6.07) is 15.8. The predicted octanol–water partition coefficient (Wildman–Crippen LogP) is 3.63. The number of carbonyl (C=O) groups is 1. The van der Waals surface area contributed by atoms with Crippen LogP contribution in [-0.4, -0.2) is 24.6 Å². The van der Waals surface area contributed by atoms with Gasteiger partial charge in [-0.3, -0.25) is 10.1 Å². The number of benzene rings is 2. The molecule has 0 aromatic heterocycles. The molecule has 4 nitrogen and oxygen atoms in total. The van der Waals surface area contributed by atoms with Gasteiger partial charge < -0.3 is 10.1 Å². The van der Waals surface area contributed by atoms with E-state index in [1.807, 2.05) is 37.3 Å². The van der Waals surface area contributed by atoms with E-state index < -0.39 is 12.7 Å². The van der Waals surface area contributed by atoms with Gasteiger partial charge in [0.1, 0.15) is 5.75 Å². The number of rotatable bonds is 8. The van der Waals surface area contributed by atoms with Crippen LogP contribution in [0.25, 0.3) is 0 Å². The van der Waals surface area contributed by atoms with E-state index >= 15 is 0 Å². The van der Waals surface area contributed by atoms with Gasteiger partial charge in [0.05, 0.1) is 12.1 Å². The van der Waals surface area contributed by atoms with Crippen molar-refractivity contribution in [3.63, 3.8) is 0 Å². The molecule has 1 fully saturated rings. The van der Waals surface area contributed by atoms with E-state index in [9.17, 15) is 13.6 Å². The highest BCUT2D eigenvalue weighted by Gasteiger charge is 2.27. The topological polar surface area (TPSA) is 50.4 Å². The summed E-state index contributed by atoms with van der Waals surface area (Å²) in [6.07, 6.45) is 2.07. The van der Waals surface area contributed by atoms with Crippen molar-refractivity contribution in [1.29, 1.82) is 0 Å². The normalized spacial score (nSPS) is 16.2. The fourth-order valence-electron chi connectivity index (χ4n) is 2.75. The van der Waals surface area contributed by atoms with Crippen molar-refractivity contribution in [2.24, 2.45) is 0 Å². The number of hydrogen-bond donors (Lipinski definition) is 2. The molecule has 0 radical (unpaired) electrons. The average molecular weight is 360 g/mol. The third-order valence-corrected chi connectivity index (χ3v) is 4.31. The molecule has 3 rings (SSSR count). The Morgan fingerprint density at radius 3 is 2.23 bits per heavy atom. The molecule has 26 heavy (non-hydrogen) atoms. The number of nitrogens with one attached hydrogen (secondary N) is 2. The van der Waals surface area contributed by atoms with Gasteiger partial charge in [-0.1, -0.05) is 42.5 Å². The molecule has 0 bridgehead atoms. The Labute approximate surface area is 151 Å². The van der Waals surface area contributed by atoms with E-state index in [2.05, 4.69) is 15.4 Å². The lowest BCUT2D eigenvalue weighted by Gasteiger charge is -2.24. The Kier molecular flexibility index (Phi) is 5.83. The van der Waals surface area contributed by atoms with Crippen molar-refractivity contribution in [1.82, 2.24) is 10.6 Å². The van der Waals surface area contributed by atoms with Gasteiger partial charge in [-0.15, -0.1) is 0 Å². The second-order valence-corrected chi connectivity index (χ2v) is 6.46. The van der Waals surface area contributed by atoms with Crippen LogP contribution in [0.1, 0.15) is 36.9 Å². The summed E-state index contributed by atoms with van der Waals surface area (Å²) in [5, 5.41) is 6.33. The van der Waals surface area contributed by atoms with Gasteiger partial charge in [0, 0.05) is 6.04 Å². The maximum atomic E-state index is 12.3. The molecule has 2 aromatic rings. The van der Waals surface area contributed by atoms with Crippen LogP contribution in [-0.2, 0) is 4.79 Å². The Hall–Kier alpha value is -2.47. The Morgan fingerprint density at radius 1 is 1.04 bits per heavy atom. The summed E-state index contributed by atoms with van der Waals surface area (Å²) in [7, 11) is 0. The first-order chi connectivity index (χ1) is 12.5. The zero-order chi connectivity index (χ0) is 18.5. The predicted molar refractivity (Wildman–Crippen MR) is 95.1 cm³/mol. The summed E-state index contributed by atoms with van der Waals surface area (Å²) in [4.78, 5) is 12.3. The maximum absolute atomic E-state index is 12.3. The largest absolute Gasteiger partial charge is 0.435 e. The Morgan fingerprint density at radius 2 is 1.65 bits per heavy atom. The highest BCUT2D eigenvalue weighted by Crippen LogP contribution is 2.25. The average Bonchev–Trinajstić information content (AvgIpc) is 3.44. The molecule has 2 aromatic carbocycles. The summed E-state index contributed by atoms with van der Waals surface area (Å²) in [5.41, 5.74) is 1.85. The first-order valence-corrected chi connectivity index (χ1v) is 8.69. The smallest absolute Gasteiger partial charge is 0.387 e. The molecule has 1 aliphatic carbocycles. The minimum Gasteiger partial charge on any atom is -0.435 e. The van der Waals surface area contributed by atoms with Crippen LogP contribution in [0.5, 0.6) is 5.75 Å². The molecule has 0 heterocycles. The third kappa shape index (κ3) is 5.02. The molecule has 0 saturated heterocycles. The summed E-state index contributed by atoms with van der Waals surface area (Å²) >= 11 is 0. The van der Waals surface area contributed by atoms with Crippen molar-refractivity contribution in [3.05, 3.63) is 65.7 Å². The lowest BCUT2D eigenvalue weighted by molar-refractivity contribution is -0.123. The van der Waals surface area contributed by atoms with Crippen LogP contribution in [0.2, 0.25) is 0 Å². The van der Waals surface area contributed by atoms with Crippen molar-refractivity contribution in [2.45, 2.75) is 44.5 Å². The number of carbonyl (C=O) groups excluding carboxylic acids is 1. The highest BCUT2D eigenvalue weighted by molar-refractivity contribution is 5.82. The van der Waals surface area contributed by atoms with Crippen LogP contribution in [0, 0.1) is 0 Å². The second kappa shape index (κ2) is 8.27. The second-order valence-electron chi connectivity index (χ2n) is 6.46. The summed E-state index contributed by atoms with van der Waals surface area (Å²) in [6.45, 7) is -1.03. The van der Waals surface area contributed by atoms with Gasteiger partial charge in [0.15, 0.2) is 0 Å². The Balaban J connectivity index is 1.78. The molecule has 1 saturated carbocycles. The standard InChI is InChI=1S/C20H22F2N2O2/c1-13(19(25)24-16-9-10-16)23-18(14-5-3-2-4-6-14)15-7-11-17(12-8-15)26-20(21)22/h2-8,11-13,16,18,20,23H,9-10H2,1H3,(H,24,25)/t13-,18-/m1/s1. The molecule has 1 amide bonds. The number of ether oxygens (including phenoxy) is 1. The number of halogens is 2. The zero-order valence-corrected chi connectivity index (χ0v) is 14.5. The molecule has 1 aliphatic rings. The van der Waals surface area contributed by atoms with E-state index in [-0.39, 0.29) is 17.7 Å². The van der Waals surface area contributed by atoms with Crippen molar-refractivity contribution in [3.8, 4) is 5.75 Å². The van der Waals surface area contributed by atoms with Crippen LogP contribution < -0.4 is 15.4 Å². The van der Waals surface area contributed by atoms with E-state index in [4.69, 9.17) is 0 Å². The van der Waals surface area contributed by atoms with Crippen LogP contribution in [0.3, 0.4) is 0 Å². The van der Waals surface area contributed by atoms with Gasteiger partial charge in [0.2, 0.25) is 5.91 Å². The lowest BCUT2D eigenvalue weighted by Crippen LogP contribution is -2.44. The number of amides is 1. The SMILES string of the molecule is C[C@@H](N[C@H](c1ccccc1)c1ccc(OC(F)F)cc1)C(=O)NC1CC1. The lowest BCUT2D eigenvalue weighted by atomic mass is 9.97. The minimum atomic E-state index is -2.85. The minimum absolute atomic E-state index is 0.0360. The van der Waals surface area contributed by atoms with Gasteiger partial charge >= 0.3 is 6.61 Å². The molecule has 2 atom stereocenters. The molecular weight excluding hydrogens is 338 g/mol. The fourth-order valence-corrected chi connectivity index (χ4v) is 2.75. The molecule has 0 spiro atoms. The first-order valence-electron chi connectivity index (χ1n) is 8.69. The molecule has 6 heteroatoms. The quantitative estimate of drug-likeness (QED) is 0.756. The van der Waals surface area contributed by atoms with E-state index in [0.29, 0.717) is 6.04 Å². The van der Waals surface area contributed by atoms with Crippen molar-refractivity contribution >= 4 is 5.91 Å². The molecule has 2 N–H and O–H groups in total. The van der Waals surface area contributed by atoms with Gasteiger partial charge in [-0.2, -0.15) is 8.78 Å². The van der Waals surface area contributed by atoms with Gasteiger partial charge in [-0.25, -0.2) is 0 Å². The molecular formula is C20H22F2N2O2. The van der Waals surface area contributed by atoms with Crippen molar-refractivity contribution in [2.75, 3.05) is 0 Å². The summed E-state index contributed by atoms with van der Waals surface area (Å²) in [5.74, 6) is 0.0705. The van der Waals surface area contributed by atoms with Crippen LogP contribution in [0.4, 0.5) is 8.78 Å². The monoisotopic (exact) mass is 360 g/mol. The van der Waals surface area contributed by atoms with E-state index in [1.54, 1.807) is 12.1 Å².